The molecule has 3 aromatic rings. The molecule has 1 saturated carbocycles. The van der Waals surface area contributed by atoms with Crippen molar-refractivity contribution in [3.8, 4) is 11.3 Å². The fourth-order valence-corrected chi connectivity index (χ4v) is 4.38. The van der Waals surface area contributed by atoms with Gasteiger partial charge in [0.2, 0.25) is 0 Å². The maximum atomic E-state index is 12.5. The van der Waals surface area contributed by atoms with Gasteiger partial charge in [-0.3, -0.25) is 14.3 Å². The first-order chi connectivity index (χ1) is 12.4. The monoisotopic (exact) mass is 372 g/mol. The molecule has 0 unspecified atom stereocenters. The molecule has 0 spiro atoms. The number of hydrogen-bond donors (Lipinski definition) is 3. The Morgan fingerprint density at radius 3 is 2.85 bits per heavy atom. The fourth-order valence-electron chi connectivity index (χ4n) is 3.64. The highest BCUT2D eigenvalue weighted by Crippen LogP contribution is 2.37. The Morgan fingerprint density at radius 1 is 1.46 bits per heavy atom. The Kier molecular flexibility index (Phi) is 3.96. The van der Waals surface area contributed by atoms with E-state index in [-0.39, 0.29) is 11.6 Å². The minimum Gasteiger partial charge on any atom is -0.390 e. The molecular formula is C18H20N4O3S. The largest absolute Gasteiger partial charge is 0.390 e. The number of nitrogens with two attached hydrogens (primary N) is 1. The number of aromatic nitrogens is 3. The molecule has 0 saturated heterocycles. The third-order valence-electron chi connectivity index (χ3n) is 5.12. The standard InChI is InChI=1S/C18H20N4O3S/c1-18(25)5-2-11(3-6-18)22-12-4-7-20-17(24)14(12)15(21-22)10-8-13(16(19)23)26-9-10/h4,7-9,11,25H,2-3,5-6H2,1H3,(H2,19,23)(H,20,24). The summed E-state index contributed by atoms with van der Waals surface area (Å²) in [5.74, 6) is -0.492. The number of rotatable bonds is 3. The van der Waals surface area contributed by atoms with Crippen LogP contribution >= 0.6 is 11.3 Å². The van der Waals surface area contributed by atoms with Gasteiger partial charge in [-0.05, 0) is 44.7 Å². The number of aromatic amines is 1. The van der Waals surface area contributed by atoms with E-state index in [0.29, 0.717) is 34.4 Å². The molecule has 8 heteroatoms. The van der Waals surface area contributed by atoms with Crippen molar-refractivity contribution in [2.24, 2.45) is 5.73 Å². The molecule has 7 nitrogen and oxygen atoms in total. The Bertz CT molecular complexity index is 1040. The lowest BCUT2D eigenvalue weighted by molar-refractivity contribution is 0.00907. The predicted molar refractivity (Wildman–Crippen MR) is 100 cm³/mol. The van der Waals surface area contributed by atoms with Crippen molar-refractivity contribution in [2.75, 3.05) is 0 Å². The van der Waals surface area contributed by atoms with E-state index in [1.54, 1.807) is 17.6 Å². The van der Waals surface area contributed by atoms with Crippen LogP contribution in [0.4, 0.5) is 0 Å². The van der Waals surface area contributed by atoms with Crippen molar-refractivity contribution in [3.63, 3.8) is 0 Å². The van der Waals surface area contributed by atoms with E-state index in [0.717, 1.165) is 18.4 Å². The van der Waals surface area contributed by atoms with E-state index in [1.165, 1.54) is 11.3 Å². The molecule has 4 rings (SSSR count). The first-order valence-corrected chi connectivity index (χ1v) is 9.45. The summed E-state index contributed by atoms with van der Waals surface area (Å²) in [6.45, 7) is 1.86. The van der Waals surface area contributed by atoms with Gasteiger partial charge in [-0.15, -0.1) is 11.3 Å². The smallest absolute Gasteiger partial charge is 0.259 e. The van der Waals surface area contributed by atoms with Crippen molar-refractivity contribution in [1.29, 1.82) is 0 Å². The van der Waals surface area contributed by atoms with E-state index < -0.39 is 11.5 Å². The van der Waals surface area contributed by atoms with Gasteiger partial charge in [0.1, 0.15) is 5.69 Å². The van der Waals surface area contributed by atoms with Gasteiger partial charge in [0, 0.05) is 17.1 Å². The maximum Gasteiger partial charge on any atom is 0.259 e. The Balaban J connectivity index is 1.84. The number of thiophene rings is 1. The van der Waals surface area contributed by atoms with Crippen LogP contribution in [-0.4, -0.2) is 31.4 Å². The SMILES string of the molecule is CC1(O)CCC(n2nc(-c3csc(C(N)=O)c3)c3c(=O)[nH]ccc32)CC1. The van der Waals surface area contributed by atoms with Crippen LogP contribution in [0.25, 0.3) is 22.2 Å². The van der Waals surface area contributed by atoms with E-state index in [4.69, 9.17) is 10.8 Å². The quantitative estimate of drug-likeness (QED) is 0.655. The van der Waals surface area contributed by atoms with E-state index in [9.17, 15) is 14.7 Å². The Morgan fingerprint density at radius 2 is 2.19 bits per heavy atom. The molecule has 0 bridgehead atoms. The zero-order chi connectivity index (χ0) is 18.5. The van der Waals surface area contributed by atoms with Crippen molar-refractivity contribution >= 4 is 28.1 Å². The molecule has 136 valence electrons. The number of fused-ring (bicyclic) bond motifs is 1. The van der Waals surface area contributed by atoms with Crippen LogP contribution in [0, 0.1) is 0 Å². The fraction of sp³-hybridized carbons (Fsp3) is 0.389. The van der Waals surface area contributed by atoms with Gasteiger partial charge in [-0.25, -0.2) is 0 Å². The number of nitrogens with one attached hydrogen (secondary N) is 1. The molecule has 26 heavy (non-hydrogen) atoms. The lowest BCUT2D eigenvalue weighted by Crippen LogP contribution is -2.31. The molecular weight excluding hydrogens is 352 g/mol. The number of H-pyrrole nitrogens is 1. The predicted octanol–water partition coefficient (Wildman–Crippen LogP) is 2.42. The van der Waals surface area contributed by atoms with Crippen molar-refractivity contribution in [3.05, 3.63) is 38.9 Å². The van der Waals surface area contributed by atoms with Gasteiger partial charge >= 0.3 is 0 Å². The third-order valence-corrected chi connectivity index (χ3v) is 6.07. The second-order valence-corrected chi connectivity index (χ2v) is 8.06. The number of carbonyl (C=O) groups is 1. The second kappa shape index (κ2) is 6.07. The van der Waals surface area contributed by atoms with Crippen molar-refractivity contribution in [2.45, 2.75) is 44.2 Å². The topological polar surface area (TPSA) is 114 Å². The van der Waals surface area contributed by atoms with Crippen LogP contribution in [0.3, 0.4) is 0 Å². The molecule has 1 fully saturated rings. The summed E-state index contributed by atoms with van der Waals surface area (Å²) in [5, 5.41) is 17.3. The molecule has 4 N–H and O–H groups in total. The van der Waals surface area contributed by atoms with Gasteiger partial charge in [0.15, 0.2) is 0 Å². The van der Waals surface area contributed by atoms with Crippen molar-refractivity contribution < 1.29 is 9.90 Å². The van der Waals surface area contributed by atoms with Crippen LogP contribution in [0.15, 0.2) is 28.5 Å². The van der Waals surface area contributed by atoms with Crippen LogP contribution in [0.5, 0.6) is 0 Å². The van der Waals surface area contributed by atoms with E-state index >= 15 is 0 Å². The summed E-state index contributed by atoms with van der Waals surface area (Å²) in [5.41, 5.74) is 6.54. The molecule has 3 aromatic heterocycles. The molecule has 0 radical (unpaired) electrons. The molecule has 1 aliphatic rings. The van der Waals surface area contributed by atoms with Gasteiger partial charge in [-0.2, -0.15) is 5.10 Å². The van der Waals surface area contributed by atoms with Crippen LogP contribution in [0.1, 0.15) is 48.3 Å². The molecule has 1 amide bonds. The number of pyridine rings is 1. The van der Waals surface area contributed by atoms with Crippen LogP contribution in [-0.2, 0) is 0 Å². The average molecular weight is 372 g/mol. The van der Waals surface area contributed by atoms with Crippen LogP contribution < -0.4 is 11.3 Å². The minimum absolute atomic E-state index is 0.127. The van der Waals surface area contributed by atoms with E-state index in [2.05, 4.69) is 4.98 Å². The third kappa shape index (κ3) is 2.85. The summed E-state index contributed by atoms with van der Waals surface area (Å²) < 4.78 is 1.90. The van der Waals surface area contributed by atoms with Gasteiger partial charge in [0.25, 0.3) is 11.5 Å². The minimum atomic E-state index is -0.635. The average Bonchev–Trinajstić information content (AvgIpc) is 3.20. The summed E-state index contributed by atoms with van der Waals surface area (Å²) in [7, 11) is 0. The number of amides is 1. The lowest BCUT2D eigenvalue weighted by Gasteiger charge is -2.33. The zero-order valence-corrected chi connectivity index (χ0v) is 15.2. The number of aliphatic hydroxyl groups is 1. The summed E-state index contributed by atoms with van der Waals surface area (Å²) in [6, 6.07) is 3.65. The zero-order valence-electron chi connectivity index (χ0n) is 14.4. The first-order valence-electron chi connectivity index (χ1n) is 8.57. The van der Waals surface area contributed by atoms with Crippen LogP contribution in [0.2, 0.25) is 0 Å². The maximum absolute atomic E-state index is 12.5. The highest BCUT2D eigenvalue weighted by Gasteiger charge is 2.31. The highest BCUT2D eigenvalue weighted by atomic mass is 32.1. The van der Waals surface area contributed by atoms with Gasteiger partial charge < -0.3 is 15.8 Å². The number of nitrogens with zero attached hydrogens (tertiary/aromatic N) is 2. The van der Waals surface area contributed by atoms with Crippen molar-refractivity contribution in [1.82, 2.24) is 14.8 Å². The summed E-state index contributed by atoms with van der Waals surface area (Å²) >= 11 is 1.24. The Hall–Kier alpha value is -2.45. The Labute approximate surface area is 153 Å². The summed E-state index contributed by atoms with van der Waals surface area (Å²) in [6.07, 6.45) is 4.61. The number of hydrogen-bond acceptors (Lipinski definition) is 5. The molecule has 0 aliphatic heterocycles. The normalized spacial score (nSPS) is 23.4. The second-order valence-electron chi connectivity index (χ2n) is 7.15. The highest BCUT2D eigenvalue weighted by molar-refractivity contribution is 7.12. The number of primary amides is 1. The summed E-state index contributed by atoms with van der Waals surface area (Å²) in [4.78, 5) is 27.0. The number of carbonyl (C=O) groups excluding carboxylic acids is 1. The lowest BCUT2D eigenvalue weighted by atomic mass is 9.84. The first kappa shape index (κ1) is 17.0. The molecule has 3 heterocycles. The molecule has 1 aliphatic carbocycles. The van der Waals surface area contributed by atoms with Gasteiger partial charge in [0.05, 0.1) is 27.4 Å². The molecule has 0 aromatic carbocycles. The van der Waals surface area contributed by atoms with Gasteiger partial charge in [-0.1, -0.05) is 0 Å². The molecule has 0 atom stereocenters. The van der Waals surface area contributed by atoms with E-state index in [1.807, 2.05) is 17.7 Å².